The van der Waals surface area contributed by atoms with Crippen molar-refractivity contribution in [3.63, 3.8) is 0 Å². The zero-order chi connectivity index (χ0) is 18.2. The summed E-state index contributed by atoms with van der Waals surface area (Å²) in [7, 11) is -3.65. The van der Waals surface area contributed by atoms with Crippen LogP contribution in [-0.2, 0) is 14.8 Å². The van der Waals surface area contributed by atoms with Crippen molar-refractivity contribution < 1.29 is 18.0 Å². The van der Waals surface area contributed by atoms with Gasteiger partial charge in [-0.05, 0) is 43.3 Å². The van der Waals surface area contributed by atoms with Crippen molar-refractivity contribution >= 4 is 33.2 Å². The minimum absolute atomic E-state index is 0.199. The SMILES string of the molecule is Cc1cc(NC(=O)c2ccc(N3C(=O)[C@@H](C)CS3(=O)=O)cc2)ccn1. The number of hydrogen-bond donors (Lipinski definition) is 1. The summed E-state index contributed by atoms with van der Waals surface area (Å²) in [5.74, 6) is -1.55. The van der Waals surface area contributed by atoms with Crippen LogP contribution < -0.4 is 9.62 Å². The first-order valence-corrected chi connectivity index (χ1v) is 9.30. The first-order valence-electron chi connectivity index (χ1n) is 7.69. The first kappa shape index (κ1) is 17.1. The average Bonchev–Trinajstić information content (AvgIpc) is 2.75. The standard InChI is InChI=1S/C17H17N3O4S/c1-11-10-25(23,24)20(17(11)22)15-5-3-13(4-6-15)16(21)19-14-7-8-18-12(2)9-14/h3-9,11H,10H2,1-2H3,(H,18,19,21)/t11-/m0/s1. The summed E-state index contributed by atoms with van der Waals surface area (Å²) in [5.41, 5.74) is 1.99. The van der Waals surface area contributed by atoms with Crippen LogP contribution in [-0.4, -0.2) is 31.0 Å². The summed E-state index contributed by atoms with van der Waals surface area (Å²) in [6.07, 6.45) is 1.60. The smallest absolute Gasteiger partial charge is 0.255 e. The summed E-state index contributed by atoms with van der Waals surface area (Å²) < 4.78 is 25.0. The Bertz CT molecular complexity index is 939. The molecule has 8 heteroatoms. The van der Waals surface area contributed by atoms with Crippen LogP contribution in [0.3, 0.4) is 0 Å². The number of benzene rings is 1. The molecule has 1 fully saturated rings. The molecule has 0 saturated carbocycles. The third-order valence-electron chi connectivity index (χ3n) is 3.88. The number of aryl methyl sites for hydroxylation is 1. The number of nitrogens with one attached hydrogen (secondary N) is 1. The van der Waals surface area contributed by atoms with Crippen molar-refractivity contribution in [2.24, 2.45) is 5.92 Å². The molecule has 0 radical (unpaired) electrons. The molecule has 130 valence electrons. The number of amides is 2. The lowest BCUT2D eigenvalue weighted by molar-refractivity contribution is -0.119. The van der Waals surface area contributed by atoms with Crippen molar-refractivity contribution in [3.05, 3.63) is 53.9 Å². The predicted molar refractivity (Wildman–Crippen MR) is 93.8 cm³/mol. The molecule has 1 N–H and O–H groups in total. The molecule has 1 aromatic heterocycles. The first-order chi connectivity index (χ1) is 11.8. The van der Waals surface area contributed by atoms with Crippen LogP contribution >= 0.6 is 0 Å². The van der Waals surface area contributed by atoms with E-state index in [2.05, 4.69) is 10.3 Å². The maximum absolute atomic E-state index is 12.3. The largest absolute Gasteiger partial charge is 0.322 e. The minimum Gasteiger partial charge on any atom is -0.322 e. The van der Waals surface area contributed by atoms with E-state index in [1.165, 1.54) is 24.3 Å². The maximum Gasteiger partial charge on any atom is 0.255 e. The minimum atomic E-state index is -3.65. The summed E-state index contributed by atoms with van der Waals surface area (Å²) in [6.45, 7) is 3.40. The van der Waals surface area contributed by atoms with E-state index in [1.54, 1.807) is 25.3 Å². The molecule has 0 aliphatic carbocycles. The van der Waals surface area contributed by atoms with Crippen molar-refractivity contribution in [1.29, 1.82) is 0 Å². The van der Waals surface area contributed by atoms with Gasteiger partial charge in [-0.3, -0.25) is 14.6 Å². The predicted octanol–water partition coefficient (Wildman–Crippen LogP) is 1.95. The average molecular weight is 359 g/mol. The fourth-order valence-corrected chi connectivity index (χ4v) is 4.48. The quantitative estimate of drug-likeness (QED) is 0.903. The highest BCUT2D eigenvalue weighted by atomic mass is 32.2. The van der Waals surface area contributed by atoms with Crippen molar-refractivity contribution in [1.82, 2.24) is 4.98 Å². The lowest BCUT2D eigenvalue weighted by Gasteiger charge is -2.15. The molecule has 3 rings (SSSR count). The highest BCUT2D eigenvalue weighted by molar-refractivity contribution is 7.94. The van der Waals surface area contributed by atoms with E-state index < -0.39 is 21.8 Å². The van der Waals surface area contributed by atoms with Crippen LogP contribution in [0.4, 0.5) is 11.4 Å². The number of carbonyl (C=O) groups is 2. The molecular formula is C17H17N3O4S. The van der Waals surface area contributed by atoms with Crippen molar-refractivity contribution in [3.8, 4) is 0 Å². The second-order valence-corrected chi connectivity index (χ2v) is 7.83. The van der Waals surface area contributed by atoms with Gasteiger partial charge in [0.1, 0.15) is 0 Å². The van der Waals surface area contributed by atoms with Crippen LogP contribution in [0.15, 0.2) is 42.6 Å². The van der Waals surface area contributed by atoms with Gasteiger partial charge < -0.3 is 5.32 Å². The third-order valence-corrected chi connectivity index (χ3v) is 5.75. The third kappa shape index (κ3) is 3.39. The van der Waals surface area contributed by atoms with E-state index >= 15 is 0 Å². The number of carbonyl (C=O) groups excluding carboxylic acids is 2. The van der Waals surface area contributed by atoms with Gasteiger partial charge in [0.2, 0.25) is 15.9 Å². The van der Waals surface area contributed by atoms with Crippen LogP contribution in [0.5, 0.6) is 0 Å². The molecule has 1 saturated heterocycles. The van der Waals surface area contributed by atoms with Gasteiger partial charge in [-0.2, -0.15) is 0 Å². The Hall–Kier alpha value is -2.74. The van der Waals surface area contributed by atoms with Gasteiger partial charge in [0.15, 0.2) is 0 Å². The normalized spacial score (nSPS) is 19.0. The van der Waals surface area contributed by atoms with E-state index in [1.807, 2.05) is 6.92 Å². The fourth-order valence-electron chi connectivity index (χ4n) is 2.66. The van der Waals surface area contributed by atoms with Crippen LogP contribution in [0.2, 0.25) is 0 Å². The Kier molecular flexibility index (Phi) is 4.30. The van der Waals surface area contributed by atoms with E-state index in [0.29, 0.717) is 11.3 Å². The molecule has 1 aliphatic rings. The second kappa shape index (κ2) is 6.29. The Labute approximate surface area is 145 Å². The molecule has 0 spiro atoms. The molecule has 0 bridgehead atoms. The lowest BCUT2D eigenvalue weighted by Crippen LogP contribution is -2.30. The summed E-state index contributed by atoms with van der Waals surface area (Å²) in [5, 5.41) is 2.74. The molecular weight excluding hydrogens is 342 g/mol. The van der Waals surface area contributed by atoms with E-state index in [4.69, 9.17) is 0 Å². The molecule has 7 nitrogen and oxygen atoms in total. The van der Waals surface area contributed by atoms with Crippen LogP contribution in [0.25, 0.3) is 0 Å². The number of sulfonamides is 1. The molecule has 2 heterocycles. The molecule has 0 unspecified atom stereocenters. The Morgan fingerprint density at radius 1 is 1.24 bits per heavy atom. The molecule has 1 atom stereocenters. The number of aromatic nitrogens is 1. The molecule has 2 amide bonds. The Balaban J connectivity index is 1.81. The second-order valence-electron chi connectivity index (χ2n) is 5.97. The summed E-state index contributed by atoms with van der Waals surface area (Å²) >= 11 is 0. The van der Waals surface area contributed by atoms with E-state index in [9.17, 15) is 18.0 Å². The highest BCUT2D eigenvalue weighted by Crippen LogP contribution is 2.28. The van der Waals surface area contributed by atoms with Gasteiger partial charge in [0.25, 0.3) is 5.91 Å². The van der Waals surface area contributed by atoms with Gasteiger partial charge in [-0.1, -0.05) is 6.92 Å². The van der Waals surface area contributed by atoms with Gasteiger partial charge in [-0.25, -0.2) is 12.7 Å². The van der Waals surface area contributed by atoms with Crippen LogP contribution in [0.1, 0.15) is 23.0 Å². The number of pyridine rings is 1. The fraction of sp³-hybridized carbons (Fsp3) is 0.235. The van der Waals surface area contributed by atoms with Crippen molar-refractivity contribution in [2.75, 3.05) is 15.4 Å². The number of anilines is 2. The molecule has 1 aromatic carbocycles. The van der Waals surface area contributed by atoms with Gasteiger partial charge >= 0.3 is 0 Å². The summed E-state index contributed by atoms with van der Waals surface area (Å²) in [6, 6.07) is 9.31. The Morgan fingerprint density at radius 2 is 1.92 bits per heavy atom. The van der Waals surface area contributed by atoms with Gasteiger partial charge in [-0.15, -0.1) is 0 Å². The molecule has 1 aliphatic heterocycles. The molecule has 2 aromatic rings. The topological polar surface area (TPSA) is 96.4 Å². The number of hydrogen-bond acceptors (Lipinski definition) is 5. The summed E-state index contributed by atoms with van der Waals surface area (Å²) in [4.78, 5) is 28.4. The highest BCUT2D eigenvalue weighted by Gasteiger charge is 2.41. The van der Waals surface area contributed by atoms with Gasteiger partial charge in [0.05, 0.1) is 17.4 Å². The van der Waals surface area contributed by atoms with E-state index in [-0.39, 0.29) is 17.3 Å². The monoisotopic (exact) mass is 359 g/mol. The van der Waals surface area contributed by atoms with Crippen LogP contribution in [0, 0.1) is 12.8 Å². The Morgan fingerprint density at radius 3 is 2.48 bits per heavy atom. The number of nitrogens with zero attached hydrogens (tertiary/aromatic N) is 2. The maximum atomic E-state index is 12.3. The lowest BCUT2D eigenvalue weighted by atomic mass is 10.1. The zero-order valence-corrected chi connectivity index (χ0v) is 14.6. The van der Waals surface area contributed by atoms with Crippen molar-refractivity contribution in [2.45, 2.75) is 13.8 Å². The zero-order valence-electron chi connectivity index (χ0n) is 13.8. The van der Waals surface area contributed by atoms with E-state index in [0.717, 1.165) is 10.00 Å². The molecule has 25 heavy (non-hydrogen) atoms. The number of rotatable bonds is 3. The van der Waals surface area contributed by atoms with Gasteiger partial charge in [0, 0.05) is 23.1 Å².